The van der Waals surface area contributed by atoms with E-state index in [0.29, 0.717) is 17.2 Å². The van der Waals surface area contributed by atoms with E-state index < -0.39 is 0 Å². The second-order valence-corrected chi connectivity index (χ2v) is 8.29. The lowest BCUT2D eigenvalue weighted by molar-refractivity contribution is 0.0693. The SMILES string of the molecule is CCN1CCN(C2CCCc3ccccc32)CC1.CN1C(=O)c2ccccc2C1=O. The van der Waals surface area contributed by atoms with Gasteiger partial charge in [0.15, 0.2) is 0 Å². The monoisotopic (exact) mass is 405 g/mol. The summed E-state index contributed by atoms with van der Waals surface area (Å²) in [7, 11) is 1.49. The van der Waals surface area contributed by atoms with Gasteiger partial charge in [0.05, 0.1) is 11.1 Å². The molecule has 30 heavy (non-hydrogen) atoms. The van der Waals surface area contributed by atoms with E-state index >= 15 is 0 Å². The number of carbonyl (C=O) groups excluding carboxylic acids is 2. The quantitative estimate of drug-likeness (QED) is 0.716. The Bertz CT molecular complexity index is 883. The first-order valence-electron chi connectivity index (χ1n) is 11.1. The van der Waals surface area contributed by atoms with E-state index in [-0.39, 0.29) is 11.8 Å². The van der Waals surface area contributed by atoms with Crippen molar-refractivity contribution in [2.45, 2.75) is 32.2 Å². The fraction of sp³-hybridized carbons (Fsp3) is 0.440. The van der Waals surface area contributed by atoms with Crippen LogP contribution in [0.15, 0.2) is 48.5 Å². The van der Waals surface area contributed by atoms with Gasteiger partial charge in [0.1, 0.15) is 0 Å². The Hall–Kier alpha value is -2.50. The molecular weight excluding hydrogens is 374 g/mol. The minimum Gasteiger partial charge on any atom is -0.301 e. The Labute approximate surface area is 179 Å². The Morgan fingerprint density at radius 3 is 2.10 bits per heavy atom. The molecule has 1 fully saturated rings. The summed E-state index contributed by atoms with van der Waals surface area (Å²) in [5.41, 5.74) is 4.20. The van der Waals surface area contributed by atoms with Gasteiger partial charge < -0.3 is 4.90 Å². The van der Waals surface area contributed by atoms with Crippen molar-refractivity contribution in [1.29, 1.82) is 0 Å². The number of hydrogen-bond donors (Lipinski definition) is 0. The molecule has 1 saturated heterocycles. The zero-order chi connectivity index (χ0) is 21.1. The van der Waals surface area contributed by atoms with Crippen molar-refractivity contribution in [1.82, 2.24) is 14.7 Å². The second-order valence-electron chi connectivity index (χ2n) is 8.29. The molecule has 0 saturated carbocycles. The van der Waals surface area contributed by atoms with Gasteiger partial charge in [-0.3, -0.25) is 19.4 Å². The van der Waals surface area contributed by atoms with Crippen LogP contribution in [0.5, 0.6) is 0 Å². The van der Waals surface area contributed by atoms with Crippen LogP contribution < -0.4 is 0 Å². The number of carbonyl (C=O) groups is 2. The van der Waals surface area contributed by atoms with Crippen LogP contribution in [0.2, 0.25) is 0 Å². The molecule has 0 radical (unpaired) electrons. The summed E-state index contributed by atoms with van der Waals surface area (Å²) < 4.78 is 0. The molecule has 3 aliphatic rings. The number of imide groups is 1. The van der Waals surface area contributed by atoms with Gasteiger partial charge in [0.2, 0.25) is 0 Å². The first-order chi connectivity index (χ1) is 14.6. The molecule has 1 aliphatic carbocycles. The molecule has 2 aromatic carbocycles. The lowest BCUT2D eigenvalue weighted by atomic mass is 9.86. The van der Waals surface area contributed by atoms with E-state index in [9.17, 15) is 9.59 Å². The maximum Gasteiger partial charge on any atom is 0.261 e. The number of benzene rings is 2. The van der Waals surface area contributed by atoms with E-state index in [0.717, 1.165) is 4.90 Å². The van der Waals surface area contributed by atoms with Gasteiger partial charge >= 0.3 is 0 Å². The molecule has 2 heterocycles. The summed E-state index contributed by atoms with van der Waals surface area (Å²) in [4.78, 5) is 29.0. The molecule has 1 atom stereocenters. The van der Waals surface area contributed by atoms with E-state index in [1.807, 2.05) is 0 Å². The van der Waals surface area contributed by atoms with Gasteiger partial charge in [0, 0.05) is 39.3 Å². The number of piperazine rings is 1. The lowest BCUT2D eigenvalue weighted by Gasteiger charge is -2.41. The first kappa shape index (κ1) is 20.8. The molecule has 2 aliphatic heterocycles. The van der Waals surface area contributed by atoms with Gasteiger partial charge in [0.25, 0.3) is 11.8 Å². The zero-order valence-corrected chi connectivity index (χ0v) is 18.0. The highest BCUT2D eigenvalue weighted by Gasteiger charge is 2.31. The normalized spacial score (nSPS) is 21.7. The van der Waals surface area contributed by atoms with Crippen LogP contribution >= 0.6 is 0 Å². The average Bonchev–Trinajstić information content (AvgIpc) is 3.03. The third kappa shape index (κ3) is 4.05. The lowest BCUT2D eigenvalue weighted by Crippen LogP contribution is -2.47. The molecule has 5 nitrogen and oxygen atoms in total. The van der Waals surface area contributed by atoms with Crippen molar-refractivity contribution in [3.05, 3.63) is 70.8 Å². The Morgan fingerprint density at radius 1 is 0.867 bits per heavy atom. The third-order valence-corrected chi connectivity index (χ3v) is 6.63. The number of likely N-dealkylation sites (N-methyl/N-ethyl adjacent to an activating group) is 1. The standard InChI is InChI=1S/C16H24N2.C9H7NO2/c1-2-17-10-12-18(13-11-17)16-9-5-7-14-6-3-4-8-15(14)16;1-10-8(11)6-4-2-3-5-7(6)9(10)12/h3-4,6,8,16H,2,5,7,9-13H2,1H3;2-5H,1H3. The molecule has 0 aromatic heterocycles. The van der Waals surface area contributed by atoms with E-state index in [1.165, 1.54) is 59.0 Å². The molecule has 2 amide bonds. The Kier molecular flexibility index (Phi) is 6.30. The van der Waals surface area contributed by atoms with Crippen molar-refractivity contribution in [2.24, 2.45) is 0 Å². The van der Waals surface area contributed by atoms with Crippen LogP contribution in [0.3, 0.4) is 0 Å². The third-order valence-electron chi connectivity index (χ3n) is 6.63. The minimum atomic E-state index is -0.212. The summed E-state index contributed by atoms with van der Waals surface area (Å²) in [5, 5.41) is 0. The zero-order valence-electron chi connectivity index (χ0n) is 18.0. The average molecular weight is 406 g/mol. The van der Waals surface area contributed by atoms with Crippen molar-refractivity contribution >= 4 is 11.8 Å². The molecule has 5 heteroatoms. The Morgan fingerprint density at radius 2 is 1.47 bits per heavy atom. The predicted octanol–water partition coefficient (Wildman–Crippen LogP) is 3.61. The number of amides is 2. The molecule has 158 valence electrons. The molecule has 0 bridgehead atoms. The molecule has 2 aromatic rings. The summed E-state index contributed by atoms with van der Waals surface area (Å²) in [6.07, 6.45) is 3.99. The second kappa shape index (κ2) is 9.11. The van der Waals surface area contributed by atoms with Crippen molar-refractivity contribution in [3.8, 4) is 0 Å². The largest absolute Gasteiger partial charge is 0.301 e. The van der Waals surface area contributed by atoms with Crippen LogP contribution in [-0.4, -0.2) is 66.3 Å². The van der Waals surface area contributed by atoms with Crippen molar-refractivity contribution < 1.29 is 9.59 Å². The molecule has 0 N–H and O–H groups in total. The van der Waals surface area contributed by atoms with Crippen molar-refractivity contribution in [2.75, 3.05) is 39.8 Å². The van der Waals surface area contributed by atoms with Crippen LogP contribution in [-0.2, 0) is 6.42 Å². The molecule has 0 spiro atoms. The van der Waals surface area contributed by atoms with E-state index in [1.54, 1.807) is 35.4 Å². The van der Waals surface area contributed by atoms with Gasteiger partial charge in [-0.05, 0) is 49.1 Å². The number of hydrogen-bond acceptors (Lipinski definition) is 4. The summed E-state index contributed by atoms with van der Waals surface area (Å²) in [5.74, 6) is -0.425. The van der Waals surface area contributed by atoms with Crippen LogP contribution in [0, 0.1) is 0 Å². The molecular formula is C25H31N3O2. The van der Waals surface area contributed by atoms with Crippen LogP contribution in [0.1, 0.15) is 57.7 Å². The number of fused-ring (bicyclic) bond motifs is 2. The fourth-order valence-corrected chi connectivity index (χ4v) is 4.81. The highest BCUT2D eigenvalue weighted by Crippen LogP contribution is 2.34. The van der Waals surface area contributed by atoms with Gasteiger partial charge in [-0.2, -0.15) is 0 Å². The van der Waals surface area contributed by atoms with Crippen molar-refractivity contribution in [3.63, 3.8) is 0 Å². The summed E-state index contributed by atoms with van der Waals surface area (Å²) in [6.45, 7) is 8.45. The topological polar surface area (TPSA) is 43.9 Å². The maximum absolute atomic E-state index is 11.3. The number of aryl methyl sites for hydroxylation is 1. The highest BCUT2D eigenvalue weighted by atomic mass is 16.2. The van der Waals surface area contributed by atoms with Gasteiger partial charge in [-0.1, -0.05) is 43.3 Å². The maximum atomic E-state index is 11.3. The van der Waals surface area contributed by atoms with Crippen LogP contribution in [0.4, 0.5) is 0 Å². The smallest absolute Gasteiger partial charge is 0.261 e. The van der Waals surface area contributed by atoms with E-state index in [2.05, 4.69) is 41.0 Å². The minimum absolute atomic E-state index is 0.212. The number of rotatable bonds is 2. The summed E-state index contributed by atoms with van der Waals surface area (Å²) >= 11 is 0. The fourth-order valence-electron chi connectivity index (χ4n) is 4.81. The van der Waals surface area contributed by atoms with Gasteiger partial charge in [-0.25, -0.2) is 0 Å². The number of nitrogens with zero attached hydrogens (tertiary/aromatic N) is 3. The molecule has 1 unspecified atom stereocenters. The first-order valence-corrected chi connectivity index (χ1v) is 11.1. The Balaban J connectivity index is 0.000000158. The van der Waals surface area contributed by atoms with Gasteiger partial charge in [-0.15, -0.1) is 0 Å². The predicted molar refractivity (Wildman–Crippen MR) is 119 cm³/mol. The summed E-state index contributed by atoms with van der Waals surface area (Å²) in [6, 6.07) is 16.6. The van der Waals surface area contributed by atoms with E-state index in [4.69, 9.17) is 0 Å². The molecule has 5 rings (SSSR count). The van der Waals surface area contributed by atoms with Crippen LogP contribution in [0.25, 0.3) is 0 Å². The highest BCUT2D eigenvalue weighted by molar-refractivity contribution is 6.21.